The molecule has 1 aromatic carbocycles. The molecule has 2 heterocycles. The lowest BCUT2D eigenvalue weighted by Gasteiger charge is -2.13. The van der Waals surface area contributed by atoms with Crippen molar-refractivity contribution in [3.8, 4) is 22.6 Å². The molecule has 12 nitrogen and oxygen atoms in total. The SMILES string of the molecule is CC(OC(=O)O)n1nnnc1-c1c(-c2ccc([N+](=O)[O-])cc2)cnn1C. The smallest absolute Gasteiger partial charge is 0.450 e. The molecule has 12 heteroatoms. The van der Waals surface area contributed by atoms with Gasteiger partial charge in [-0.2, -0.15) is 9.78 Å². The highest BCUT2D eigenvalue weighted by Crippen LogP contribution is 2.32. The second kappa shape index (κ2) is 6.58. The molecule has 1 N–H and O–H groups in total. The molecule has 3 rings (SSSR count). The van der Waals surface area contributed by atoms with Crippen molar-refractivity contribution in [2.45, 2.75) is 13.2 Å². The first-order valence-corrected chi connectivity index (χ1v) is 7.33. The third-order valence-electron chi connectivity index (χ3n) is 3.65. The Morgan fingerprint density at radius 2 is 2.04 bits per heavy atom. The van der Waals surface area contributed by atoms with Crippen LogP contribution in [0.3, 0.4) is 0 Å². The van der Waals surface area contributed by atoms with Crippen LogP contribution in [0.1, 0.15) is 13.2 Å². The summed E-state index contributed by atoms with van der Waals surface area (Å²) in [6.07, 6.45) is -0.852. The van der Waals surface area contributed by atoms with E-state index in [1.54, 1.807) is 25.4 Å². The van der Waals surface area contributed by atoms with Gasteiger partial charge in [-0.3, -0.25) is 14.8 Å². The molecular formula is C14H13N7O5. The third-order valence-corrected chi connectivity index (χ3v) is 3.65. The maximum absolute atomic E-state index is 10.8. The zero-order valence-corrected chi connectivity index (χ0v) is 13.7. The van der Waals surface area contributed by atoms with E-state index in [2.05, 4.69) is 20.6 Å². The largest absolute Gasteiger partial charge is 0.507 e. The number of aryl methyl sites for hydroxylation is 1. The minimum atomic E-state index is -1.46. The average Bonchev–Trinajstić information content (AvgIpc) is 3.20. The van der Waals surface area contributed by atoms with Gasteiger partial charge in [0.1, 0.15) is 5.69 Å². The summed E-state index contributed by atoms with van der Waals surface area (Å²) in [5, 5.41) is 35.1. The van der Waals surface area contributed by atoms with E-state index in [4.69, 9.17) is 9.84 Å². The Morgan fingerprint density at radius 3 is 2.65 bits per heavy atom. The zero-order chi connectivity index (χ0) is 18.8. The summed E-state index contributed by atoms with van der Waals surface area (Å²) in [6, 6.07) is 5.93. The van der Waals surface area contributed by atoms with Crippen LogP contribution >= 0.6 is 0 Å². The maximum atomic E-state index is 10.8. The van der Waals surface area contributed by atoms with E-state index in [-0.39, 0.29) is 11.5 Å². The summed E-state index contributed by atoms with van der Waals surface area (Å²) in [5.41, 5.74) is 1.76. The minimum absolute atomic E-state index is 0.0347. The molecule has 2 aromatic heterocycles. The van der Waals surface area contributed by atoms with Crippen LogP contribution < -0.4 is 0 Å². The van der Waals surface area contributed by atoms with Crippen molar-refractivity contribution in [1.82, 2.24) is 30.0 Å². The van der Waals surface area contributed by atoms with E-state index in [9.17, 15) is 14.9 Å². The summed E-state index contributed by atoms with van der Waals surface area (Å²) in [4.78, 5) is 21.1. The van der Waals surface area contributed by atoms with Crippen LogP contribution in [0, 0.1) is 10.1 Å². The van der Waals surface area contributed by atoms with Crippen LogP contribution in [-0.2, 0) is 11.8 Å². The van der Waals surface area contributed by atoms with Crippen molar-refractivity contribution in [2.75, 3.05) is 0 Å². The monoisotopic (exact) mass is 359 g/mol. The van der Waals surface area contributed by atoms with Gasteiger partial charge in [-0.25, -0.2) is 4.79 Å². The number of hydrogen-bond acceptors (Lipinski definition) is 8. The number of nitro benzene ring substituents is 1. The topological polar surface area (TPSA) is 151 Å². The third kappa shape index (κ3) is 3.07. The predicted molar refractivity (Wildman–Crippen MR) is 85.9 cm³/mol. The van der Waals surface area contributed by atoms with Crippen molar-refractivity contribution < 1.29 is 19.6 Å². The molecule has 26 heavy (non-hydrogen) atoms. The first kappa shape index (κ1) is 17.0. The number of benzene rings is 1. The Bertz CT molecular complexity index is 962. The number of tetrazole rings is 1. The summed E-state index contributed by atoms with van der Waals surface area (Å²) >= 11 is 0. The van der Waals surface area contributed by atoms with Gasteiger partial charge in [0.15, 0.2) is 6.23 Å². The van der Waals surface area contributed by atoms with Gasteiger partial charge in [-0.1, -0.05) is 0 Å². The van der Waals surface area contributed by atoms with Gasteiger partial charge in [-0.15, -0.1) is 5.10 Å². The molecule has 1 atom stereocenters. The molecule has 0 radical (unpaired) electrons. The van der Waals surface area contributed by atoms with Crippen molar-refractivity contribution in [2.24, 2.45) is 7.05 Å². The molecule has 0 fully saturated rings. The lowest BCUT2D eigenvalue weighted by Crippen LogP contribution is -2.16. The van der Waals surface area contributed by atoms with Crippen LogP contribution in [0.5, 0.6) is 0 Å². The Labute approximate surface area is 145 Å². The highest BCUT2D eigenvalue weighted by molar-refractivity contribution is 5.78. The lowest BCUT2D eigenvalue weighted by molar-refractivity contribution is -0.384. The molecule has 0 saturated heterocycles. The molecule has 1 unspecified atom stereocenters. The van der Waals surface area contributed by atoms with Crippen LogP contribution in [0.15, 0.2) is 30.5 Å². The fourth-order valence-corrected chi connectivity index (χ4v) is 2.47. The van der Waals surface area contributed by atoms with Crippen LogP contribution in [0.4, 0.5) is 10.5 Å². The number of aromatic nitrogens is 6. The van der Waals surface area contributed by atoms with Gasteiger partial charge in [0.05, 0.1) is 11.1 Å². The zero-order valence-electron chi connectivity index (χ0n) is 13.7. The predicted octanol–water partition coefficient (Wildman–Crippen LogP) is 1.86. The minimum Gasteiger partial charge on any atom is -0.450 e. The molecule has 0 amide bonds. The maximum Gasteiger partial charge on any atom is 0.507 e. The van der Waals surface area contributed by atoms with Crippen LogP contribution in [-0.4, -0.2) is 46.2 Å². The second-order valence-electron chi connectivity index (χ2n) is 5.26. The fraction of sp³-hybridized carbons (Fsp3) is 0.214. The van der Waals surface area contributed by atoms with E-state index in [1.165, 1.54) is 28.4 Å². The van der Waals surface area contributed by atoms with Gasteiger partial charge >= 0.3 is 6.16 Å². The fourth-order valence-electron chi connectivity index (χ4n) is 2.47. The number of hydrogen-bond donors (Lipinski definition) is 1. The van der Waals surface area contributed by atoms with E-state index in [0.717, 1.165) is 0 Å². The van der Waals surface area contributed by atoms with Gasteiger partial charge in [0, 0.05) is 24.7 Å². The molecule has 3 aromatic rings. The molecule has 0 aliphatic carbocycles. The first-order chi connectivity index (χ1) is 12.4. The van der Waals surface area contributed by atoms with Crippen molar-refractivity contribution in [3.05, 3.63) is 40.6 Å². The molecule has 0 saturated carbocycles. The summed E-state index contributed by atoms with van der Waals surface area (Å²) < 4.78 is 7.42. The molecule has 0 bridgehead atoms. The first-order valence-electron chi connectivity index (χ1n) is 7.33. The Kier molecular flexibility index (Phi) is 4.31. The van der Waals surface area contributed by atoms with Crippen molar-refractivity contribution >= 4 is 11.8 Å². The Hall–Kier alpha value is -3.83. The van der Waals surface area contributed by atoms with Crippen molar-refractivity contribution in [3.63, 3.8) is 0 Å². The molecule has 0 spiro atoms. The number of carbonyl (C=O) groups is 1. The van der Waals surface area contributed by atoms with Gasteiger partial charge in [0.2, 0.25) is 5.82 Å². The van der Waals surface area contributed by atoms with Crippen molar-refractivity contribution in [1.29, 1.82) is 0 Å². The molecule has 134 valence electrons. The summed E-state index contributed by atoms with van der Waals surface area (Å²) in [7, 11) is 1.67. The Balaban J connectivity index is 2.06. The van der Waals surface area contributed by atoms with Crippen LogP contribution in [0.2, 0.25) is 0 Å². The van der Waals surface area contributed by atoms with Gasteiger partial charge < -0.3 is 9.84 Å². The number of nitro groups is 1. The van der Waals surface area contributed by atoms with E-state index in [1.807, 2.05) is 0 Å². The highest BCUT2D eigenvalue weighted by atomic mass is 16.7. The number of nitrogens with zero attached hydrogens (tertiary/aromatic N) is 7. The quantitative estimate of drug-likeness (QED) is 0.409. The molecule has 0 aliphatic heterocycles. The second-order valence-corrected chi connectivity index (χ2v) is 5.26. The molecular weight excluding hydrogens is 346 g/mol. The van der Waals surface area contributed by atoms with Gasteiger partial charge in [0.25, 0.3) is 5.69 Å². The standard InChI is InChI=1S/C14H13N7O5/c1-8(26-14(22)23)20-13(16-17-18-20)12-11(7-15-19(12)2)9-3-5-10(6-4-9)21(24)25/h3-8H,1-2H3,(H,22,23). The summed E-state index contributed by atoms with van der Waals surface area (Å²) in [5.74, 6) is 0.243. The molecule has 0 aliphatic rings. The average molecular weight is 359 g/mol. The highest BCUT2D eigenvalue weighted by Gasteiger charge is 2.23. The van der Waals surface area contributed by atoms with E-state index < -0.39 is 17.3 Å². The van der Waals surface area contributed by atoms with E-state index in [0.29, 0.717) is 16.8 Å². The number of ether oxygens (including phenoxy) is 1. The Morgan fingerprint density at radius 1 is 1.35 bits per heavy atom. The normalized spacial score (nSPS) is 11.9. The van der Waals surface area contributed by atoms with E-state index >= 15 is 0 Å². The lowest BCUT2D eigenvalue weighted by atomic mass is 10.1. The van der Waals surface area contributed by atoms with Gasteiger partial charge in [-0.05, 0) is 35.0 Å². The number of non-ortho nitro benzene ring substituents is 1. The number of carboxylic acid groups (broad SMARTS) is 1. The number of rotatable bonds is 5. The van der Waals surface area contributed by atoms with Crippen LogP contribution in [0.25, 0.3) is 22.6 Å². The summed E-state index contributed by atoms with van der Waals surface area (Å²) in [6.45, 7) is 1.48.